The molecule has 0 amide bonds. The Morgan fingerprint density at radius 1 is 1.24 bits per heavy atom. The van der Waals surface area contributed by atoms with Gasteiger partial charge >= 0.3 is 0 Å². The number of nitrogens with one attached hydrogen (secondary N) is 1. The van der Waals surface area contributed by atoms with Gasteiger partial charge in [-0.25, -0.2) is 4.39 Å². The zero-order valence-corrected chi connectivity index (χ0v) is 13.0. The summed E-state index contributed by atoms with van der Waals surface area (Å²) in [6, 6.07) is 12.6. The van der Waals surface area contributed by atoms with Crippen molar-refractivity contribution in [3.63, 3.8) is 0 Å². The van der Waals surface area contributed by atoms with Gasteiger partial charge < -0.3 is 10.1 Å². The van der Waals surface area contributed by atoms with Crippen molar-refractivity contribution in [3.05, 3.63) is 64.4 Å². The van der Waals surface area contributed by atoms with Crippen LogP contribution in [0.15, 0.2) is 42.5 Å². The van der Waals surface area contributed by atoms with Gasteiger partial charge in [-0.2, -0.15) is 0 Å². The molecule has 1 atom stereocenters. The molecule has 2 nitrogen and oxygen atoms in total. The lowest BCUT2D eigenvalue weighted by Gasteiger charge is -2.20. The minimum absolute atomic E-state index is 0.0144. The van der Waals surface area contributed by atoms with Crippen molar-refractivity contribution in [2.24, 2.45) is 0 Å². The van der Waals surface area contributed by atoms with Gasteiger partial charge in [-0.15, -0.1) is 0 Å². The summed E-state index contributed by atoms with van der Waals surface area (Å²) in [7, 11) is 1.63. The third kappa shape index (κ3) is 3.96. The standard InChI is InChI=1S/C17H19ClFNO/c1-3-20-17(12-6-4-7-13(10-12)21-2)11-14-15(18)8-5-9-16(14)19/h4-10,17,20H,3,11H2,1-2H3. The quantitative estimate of drug-likeness (QED) is 0.855. The maximum absolute atomic E-state index is 14.0. The Balaban J connectivity index is 2.30. The minimum Gasteiger partial charge on any atom is -0.497 e. The van der Waals surface area contributed by atoms with Crippen LogP contribution in [0.1, 0.15) is 24.1 Å². The predicted octanol–water partition coefficient (Wildman–Crippen LogP) is 4.38. The molecule has 0 saturated carbocycles. The zero-order chi connectivity index (χ0) is 15.2. The number of halogens is 2. The first kappa shape index (κ1) is 15.8. The topological polar surface area (TPSA) is 21.3 Å². The number of ether oxygens (including phenoxy) is 1. The van der Waals surface area contributed by atoms with E-state index in [1.54, 1.807) is 19.2 Å². The lowest BCUT2D eigenvalue weighted by molar-refractivity contribution is 0.413. The number of hydrogen-bond acceptors (Lipinski definition) is 2. The van der Waals surface area contributed by atoms with Gasteiger partial charge in [0.2, 0.25) is 0 Å². The van der Waals surface area contributed by atoms with E-state index in [9.17, 15) is 4.39 Å². The fourth-order valence-corrected chi connectivity index (χ4v) is 2.58. The normalized spacial score (nSPS) is 12.2. The molecule has 0 saturated heterocycles. The highest BCUT2D eigenvalue weighted by molar-refractivity contribution is 6.31. The molecule has 0 aliphatic heterocycles. The number of rotatable bonds is 6. The summed E-state index contributed by atoms with van der Waals surface area (Å²) in [6.45, 7) is 2.81. The first-order valence-electron chi connectivity index (χ1n) is 6.96. The largest absolute Gasteiger partial charge is 0.497 e. The molecule has 0 heterocycles. The summed E-state index contributed by atoms with van der Waals surface area (Å²) in [5.74, 6) is 0.517. The molecule has 4 heteroatoms. The third-order valence-electron chi connectivity index (χ3n) is 3.42. The van der Waals surface area contributed by atoms with Crippen LogP contribution in [0.3, 0.4) is 0 Å². The van der Waals surface area contributed by atoms with Gasteiger partial charge in [0.15, 0.2) is 0 Å². The molecule has 0 bridgehead atoms. The van der Waals surface area contributed by atoms with Crippen molar-refractivity contribution in [3.8, 4) is 5.75 Å². The van der Waals surface area contributed by atoms with Crippen molar-refractivity contribution >= 4 is 11.6 Å². The highest BCUT2D eigenvalue weighted by Crippen LogP contribution is 2.27. The van der Waals surface area contributed by atoms with Gasteiger partial charge in [0.05, 0.1) is 7.11 Å². The Labute approximate surface area is 129 Å². The second-order valence-electron chi connectivity index (χ2n) is 4.79. The lowest BCUT2D eigenvalue weighted by Crippen LogP contribution is -2.23. The number of likely N-dealkylation sites (N-methyl/N-ethyl adjacent to an activating group) is 1. The van der Waals surface area contributed by atoms with Crippen LogP contribution in [0, 0.1) is 5.82 Å². The van der Waals surface area contributed by atoms with E-state index in [1.165, 1.54) is 6.07 Å². The van der Waals surface area contributed by atoms with Crippen LogP contribution >= 0.6 is 11.6 Å². The van der Waals surface area contributed by atoms with Gasteiger partial charge in [-0.3, -0.25) is 0 Å². The number of benzene rings is 2. The van der Waals surface area contributed by atoms with E-state index < -0.39 is 0 Å². The summed E-state index contributed by atoms with van der Waals surface area (Å²) < 4.78 is 19.2. The smallest absolute Gasteiger partial charge is 0.127 e. The Hall–Kier alpha value is -1.58. The highest BCUT2D eigenvalue weighted by atomic mass is 35.5. The van der Waals surface area contributed by atoms with Crippen molar-refractivity contribution in [1.82, 2.24) is 5.32 Å². The molecule has 0 aliphatic carbocycles. The first-order valence-corrected chi connectivity index (χ1v) is 7.33. The van der Waals surface area contributed by atoms with E-state index >= 15 is 0 Å². The van der Waals surface area contributed by atoms with Crippen molar-refractivity contribution < 1.29 is 9.13 Å². The summed E-state index contributed by atoms with van der Waals surface area (Å²) in [5.41, 5.74) is 1.59. The van der Waals surface area contributed by atoms with Crippen molar-refractivity contribution in [2.45, 2.75) is 19.4 Å². The first-order chi connectivity index (χ1) is 10.2. The molecule has 0 fully saturated rings. The second kappa shape index (κ2) is 7.43. The van der Waals surface area contributed by atoms with Crippen LogP contribution in [0.4, 0.5) is 4.39 Å². The molecule has 1 unspecified atom stereocenters. The molecule has 0 radical (unpaired) electrons. The summed E-state index contributed by atoms with van der Waals surface area (Å²) in [5, 5.41) is 3.83. The average molecular weight is 308 g/mol. The Morgan fingerprint density at radius 3 is 2.67 bits per heavy atom. The van der Waals surface area contributed by atoms with Gasteiger partial charge in [-0.1, -0.05) is 36.7 Å². The van der Waals surface area contributed by atoms with Crippen molar-refractivity contribution in [2.75, 3.05) is 13.7 Å². The van der Waals surface area contributed by atoms with Gasteiger partial charge in [-0.05, 0) is 42.8 Å². The SMILES string of the molecule is CCNC(Cc1c(F)cccc1Cl)c1cccc(OC)c1. The zero-order valence-electron chi connectivity index (χ0n) is 12.2. The molecule has 21 heavy (non-hydrogen) atoms. The molecule has 112 valence electrons. The summed E-state index contributed by atoms with van der Waals surface area (Å²) >= 11 is 6.13. The van der Waals surface area contributed by atoms with Crippen LogP contribution in [0.5, 0.6) is 5.75 Å². The maximum Gasteiger partial charge on any atom is 0.127 e. The summed E-state index contributed by atoms with van der Waals surface area (Å²) in [4.78, 5) is 0. The average Bonchev–Trinajstić information content (AvgIpc) is 2.50. The third-order valence-corrected chi connectivity index (χ3v) is 3.77. The van der Waals surface area contributed by atoms with E-state index in [0.29, 0.717) is 17.0 Å². The second-order valence-corrected chi connectivity index (χ2v) is 5.20. The number of hydrogen-bond donors (Lipinski definition) is 1. The van der Waals surface area contributed by atoms with Crippen LogP contribution in [-0.2, 0) is 6.42 Å². The predicted molar refractivity (Wildman–Crippen MR) is 84.5 cm³/mol. The molecule has 0 aliphatic rings. The Kier molecular flexibility index (Phi) is 5.59. The molecule has 1 N–H and O–H groups in total. The highest BCUT2D eigenvalue weighted by Gasteiger charge is 2.16. The fourth-order valence-electron chi connectivity index (χ4n) is 2.34. The van der Waals surface area contributed by atoms with Crippen LogP contribution < -0.4 is 10.1 Å². The Bertz CT molecular complexity index is 583. The van der Waals surface area contributed by atoms with E-state index in [0.717, 1.165) is 17.9 Å². The minimum atomic E-state index is -0.270. The van der Waals surface area contributed by atoms with Crippen molar-refractivity contribution in [1.29, 1.82) is 0 Å². The molecular formula is C17H19ClFNO. The maximum atomic E-state index is 14.0. The number of methoxy groups -OCH3 is 1. The lowest BCUT2D eigenvalue weighted by atomic mass is 9.98. The van der Waals surface area contributed by atoms with E-state index in [2.05, 4.69) is 5.32 Å². The fraction of sp³-hybridized carbons (Fsp3) is 0.294. The van der Waals surface area contributed by atoms with E-state index in [4.69, 9.17) is 16.3 Å². The molecule has 2 aromatic carbocycles. The summed E-state index contributed by atoms with van der Waals surface area (Å²) in [6.07, 6.45) is 0.493. The van der Waals surface area contributed by atoms with E-state index in [-0.39, 0.29) is 11.9 Å². The van der Waals surface area contributed by atoms with Gasteiger partial charge in [0.25, 0.3) is 0 Å². The molecule has 0 aromatic heterocycles. The molecular weight excluding hydrogens is 289 g/mol. The molecule has 0 spiro atoms. The molecule has 2 rings (SSSR count). The van der Waals surface area contributed by atoms with Crippen LogP contribution in [0.25, 0.3) is 0 Å². The van der Waals surface area contributed by atoms with Gasteiger partial charge in [0, 0.05) is 16.6 Å². The van der Waals surface area contributed by atoms with Gasteiger partial charge in [0.1, 0.15) is 11.6 Å². The van der Waals surface area contributed by atoms with Crippen LogP contribution in [0.2, 0.25) is 5.02 Å². The molecule has 2 aromatic rings. The Morgan fingerprint density at radius 2 is 2.00 bits per heavy atom. The van der Waals surface area contributed by atoms with Crippen LogP contribution in [-0.4, -0.2) is 13.7 Å². The van der Waals surface area contributed by atoms with E-state index in [1.807, 2.05) is 31.2 Å². The monoisotopic (exact) mass is 307 g/mol.